The number of nitrogens with zero attached hydrogens (tertiary/aromatic N) is 5. The average Bonchev–Trinajstić information content (AvgIpc) is 3.21. The maximum Gasteiger partial charge on any atom is 0.259 e. The molecule has 4 rings (SSSR count). The van der Waals surface area contributed by atoms with Crippen molar-refractivity contribution in [1.29, 1.82) is 0 Å². The van der Waals surface area contributed by atoms with Crippen LogP contribution in [-0.2, 0) is 4.79 Å². The first-order chi connectivity index (χ1) is 14.1. The monoisotopic (exact) mass is 392 g/mol. The fourth-order valence-electron chi connectivity index (χ4n) is 3.55. The third-order valence-corrected chi connectivity index (χ3v) is 5.13. The highest BCUT2D eigenvalue weighted by molar-refractivity contribution is 5.80. The SMILES string of the molecule is Cc1noc(-c2ccc(N3CCC[C@H](C(=O)N[C@@H](C)c4ccccn4)C3)nc2)n1. The van der Waals surface area contributed by atoms with Crippen molar-refractivity contribution in [2.45, 2.75) is 32.7 Å². The molecule has 0 aromatic carbocycles. The van der Waals surface area contributed by atoms with Crippen LogP contribution in [0.4, 0.5) is 5.82 Å². The van der Waals surface area contributed by atoms with Crippen LogP contribution < -0.4 is 10.2 Å². The van der Waals surface area contributed by atoms with Gasteiger partial charge in [-0.25, -0.2) is 4.98 Å². The van der Waals surface area contributed by atoms with Crippen LogP contribution in [0.25, 0.3) is 11.5 Å². The largest absolute Gasteiger partial charge is 0.356 e. The third kappa shape index (κ3) is 4.42. The van der Waals surface area contributed by atoms with Crippen LogP contribution in [0.5, 0.6) is 0 Å². The topological polar surface area (TPSA) is 97.0 Å². The first-order valence-corrected chi connectivity index (χ1v) is 9.83. The van der Waals surface area contributed by atoms with E-state index in [1.54, 1.807) is 19.3 Å². The summed E-state index contributed by atoms with van der Waals surface area (Å²) in [6, 6.07) is 9.46. The molecule has 8 heteroatoms. The van der Waals surface area contributed by atoms with Crippen molar-refractivity contribution in [3.63, 3.8) is 0 Å². The number of rotatable bonds is 5. The van der Waals surface area contributed by atoms with Gasteiger partial charge in [-0.2, -0.15) is 4.98 Å². The highest BCUT2D eigenvalue weighted by atomic mass is 16.5. The van der Waals surface area contributed by atoms with E-state index in [0.717, 1.165) is 36.5 Å². The number of carbonyl (C=O) groups is 1. The summed E-state index contributed by atoms with van der Waals surface area (Å²) in [4.78, 5) is 28.0. The van der Waals surface area contributed by atoms with Gasteiger partial charge in [0.05, 0.1) is 23.2 Å². The molecule has 1 aliphatic rings. The molecule has 1 saturated heterocycles. The van der Waals surface area contributed by atoms with E-state index in [-0.39, 0.29) is 17.9 Å². The summed E-state index contributed by atoms with van der Waals surface area (Å²) in [5.74, 6) is 1.89. The molecule has 1 amide bonds. The van der Waals surface area contributed by atoms with E-state index in [2.05, 4.69) is 30.3 Å². The lowest BCUT2D eigenvalue weighted by molar-refractivity contribution is -0.125. The summed E-state index contributed by atoms with van der Waals surface area (Å²) in [7, 11) is 0. The predicted octanol–water partition coefficient (Wildman–Crippen LogP) is 2.93. The fraction of sp³-hybridized carbons (Fsp3) is 0.381. The van der Waals surface area contributed by atoms with Gasteiger partial charge in [0.2, 0.25) is 5.91 Å². The van der Waals surface area contributed by atoms with Crippen molar-refractivity contribution in [1.82, 2.24) is 25.4 Å². The average molecular weight is 392 g/mol. The van der Waals surface area contributed by atoms with Gasteiger partial charge in [0.25, 0.3) is 5.89 Å². The van der Waals surface area contributed by atoms with Gasteiger partial charge in [-0.15, -0.1) is 0 Å². The molecule has 29 heavy (non-hydrogen) atoms. The zero-order valence-electron chi connectivity index (χ0n) is 16.6. The highest BCUT2D eigenvalue weighted by Gasteiger charge is 2.27. The molecule has 1 N–H and O–H groups in total. The Balaban J connectivity index is 1.39. The first-order valence-electron chi connectivity index (χ1n) is 9.83. The van der Waals surface area contributed by atoms with Crippen LogP contribution >= 0.6 is 0 Å². The Morgan fingerprint density at radius 3 is 2.86 bits per heavy atom. The minimum Gasteiger partial charge on any atom is -0.356 e. The molecule has 0 aliphatic carbocycles. The minimum atomic E-state index is -0.116. The molecule has 4 heterocycles. The van der Waals surface area contributed by atoms with Gasteiger partial charge in [0.15, 0.2) is 5.82 Å². The molecular formula is C21H24N6O2. The number of aryl methyl sites for hydroxylation is 1. The third-order valence-electron chi connectivity index (χ3n) is 5.13. The van der Waals surface area contributed by atoms with Crippen LogP contribution in [0.2, 0.25) is 0 Å². The van der Waals surface area contributed by atoms with E-state index in [1.165, 1.54) is 0 Å². The first kappa shape index (κ1) is 19.0. The number of carbonyl (C=O) groups excluding carboxylic acids is 1. The second-order valence-corrected chi connectivity index (χ2v) is 7.32. The lowest BCUT2D eigenvalue weighted by Crippen LogP contribution is -2.44. The molecule has 0 bridgehead atoms. The van der Waals surface area contributed by atoms with Gasteiger partial charge in [-0.3, -0.25) is 9.78 Å². The normalized spacial score (nSPS) is 17.7. The Kier molecular flexibility index (Phi) is 5.50. The number of hydrogen-bond acceptors (Lipinski definition) is 7. The van der Waals surface area contributed by atoms with Crippen molar-refractivity contribution in [3.05, 3.63) is 54.2 Å². The minimum absolute atomic E-state index is 0.0609. The van der Waals surface area contributed by atoms with Gasteiger partial charge in [-0.1, -0.05) is 11.2 Å². The Morgan fingerprint density at radius 2 is 2.17 bits per heavy atom. The van der Waals surface area contributed by atoms with E-state index in [1.807, 2.05) is 37.3 Å². The van der Waals surface area contributed by atoms with Gasteiger partial charge in [-0.05, 0) is 51.0 Å². The van der Waals surface area contributed by atoms with Crippen LogP contribution in [-0.4, -0.2) is 39.1 Å². The molecule has 8 nitrogen and oxygen atoms in total. The standard InChI is InChI=1S/C21H24N6O2/c1-14(18-7-3-4-10-22-18)24-20(28)17-6-5-11-27(13-17)19-9-8-16(12-23-19)21-25-15(2)26-29-21/h3-4,7-10,12,14,17H,5-6,11,13H2,1-2H3,(H,24,28)/t14-,17-/m0/s1. The molecule has 0 saturated carbocycles. The quantitative estimate of drug-likeness (QED) is 0.713. The van der Waals surface area contributed by atoms with E-state index in [4.69, 9.17) is 4.52 Å². The van der Waals surface area contributed by atoms with Crippen molar-refractivity contribution < 1.29 is 9.32 Å². The smallest absolute Gasteiger partial charge is 0.259 e. The molecule has 2 atom stereocenters. The van der Waals surface area contributed by atoms with Crippen LogP contribution in [0, 0.1) is 12.8 Å². The van der Waals surface area contributed by atoms with Crippen molar-refractivity contribution in [2.75, 3.05) is 18.0 Å². The number of pyridine rings is 2. The van der Waals surface area contributed by atoms with Gasteiger partial charge >= 0.3 is 0 Å². The zero-order chi connectivity index (χ0) is 20.2. The maximum absolute atomic E-state index is 12.8. The highest BCUT2D eigenvalue weighted by Crippen LogP contribution is 2.24. The maximum atomic E-state index is 12.8. The second-order valence-electron chi connectivity index (χ2n) is 7.32. The van der Waals surface area contributed by atoms with Crippen LogP contribution in [0.1, 0.15) is 37.3 Å². The molecule has 3 aromatic heterocycles. The molecule has 1 aliphatic heterocycles. The number of amides is 1. The number of piperidine rings is 1. The second kappa shape index (κ2) is 8.38. The summed E-state index contributed by atoms with van der Waals surface area (Å²) in [6.45, 7) is 5.27. The zero-order valence-corrected chi connectivity index (χ0v) is 16.6. The Morgan fingerprint density at radius 1 is 1.28 bits per heavy atom. The lowest BCUT2D eigenvalue weighted by atomic mass is 9.96. The lowest BCUT2D eigenvalue weighted by Gasteiger charge is -2.33. The number of aromatic nitrogens is 4. The Labute approximate surface area is 169 Å². The van der Waals surface area contributed by atoms with E-state index >= 15 is 0 Å². The fourth-order valence-corrected chi connectivity index (χ4v) is 3.55. The van der Waals surface area contributed by atoms with Gasteiger partial charge in [0, 0.05) is 25.5 Å². The number of nitrogens with one attached hydrogen (secondary N) is 1. The van der Waals surface area contributed by atoms with Crippen LogP contribution in [0.3, 0.4) is 0 Å². The Hall–Kier alpha value is -3.29. The molecule has 0 unspecified atom stereocenters. The predicted molar refractivity (Wildman–Crippen MR) is 108 cm³/mol. The van der Waals surface area contributed by atoms with E-state index < -0.39 is 0 Å². The van der Waals surface area contributed by atoms with Crippen molar-refractivity contribution in [3.8, 4) is 11.5 Å². The van der Waals surface area contributed by atoms with Crippen molar-refractivity contribution in [2.24, 2.45) is 5.92 Å². The number of anilines is 1. The van der Waals surface area contributed by atoms with Crippen LogP contribution in [0.15, 0.2) is 47.2 Å². The summed E-state index contributed by atoms with van der Waals surface area (Å²) < 4.78 is 5.18. The molecule has 1 fully saturated rings. The Bertz CT molecular complexity index is 957. The van der Waals surface area contributed by atoms with E-state index in [0.29, 0.717) is 18.3 Å². The molecule has 0 radical (unpaired) electrons. The van der Waals surface area contributed by atoms with Gasteiger partial charge < -0.3 is 14.7 Å². The summed E-state index contributed by atoms with van der Waals surface area (Å²) in [6.07, 6.45) is 5.29. The molecule has 150 valence electrons. The summed E-state index contributed by atoms with van der Waals surface area (Å²) >= 11 is 0. The molecular weight excluding hydrogens is 368 g/mol. The van der Waals surface area contributed by atoms with Gasteiger partial charge in [0.1, 0.15) is 5.82 Å². The summed E-state index contributed by atoms with van der Waals surface area (Å²) in [5.41, 5.74) is 1.65. The number of hydrogen-bond donors (Lipinski definition) is 1. The summed E-state index contributed by atoms with van der Waals surface area (Å²) in [5, 5.41) is 6.90. The molecule has 0 spiro atoms. The van der Waals surface area contributed by atoms with E-state index in [9.17, 15) is 4.79 Å². The molecule has 3 aromatic rings. The van der Waals surface area contributed by atoms with Crippen molar-refractivity contribution >= 4 is 11.7 Å².